The number of hydrogen-bond donors (Lipinski definition) is 1. The number of methoxy groups -OCH3 is 1. The molecule has 1 aliphatic carbocycles. The number of ether oxygens (including phenoxy) is 2. The molecule has 5 nitrogen and oxygen atoms in total. The number of alkyl halides is 1. The van der Waals surface area contributed by atoms with Crippen LogP contribution in [0.1, 0.15) is 35.8 Å². The number of hydrogen-bond acceptors (Lipinski definition) is 5. The van der Waals surface area contributed by atoms with E-state index in [1.807, 2.05) is 0 Å². The summed E-state index contributed by atoms with van der Waals surface area (Å²) in [5.74, 6) is -4.47. The van der Waals surface area contributed by atoms with Gasteiger partial charge < -0.3 is 14.8 Å². The highest BCUT2D eigenvalue weighted by molar-refractivity contribution is 6.01. The molecule has 3 aliphatic rings. The van der Waals surface area contributed by atoms with Gasteiger partial charge in [0.2, 0.25) is 0 Å². The zero-order valence-electron chi connectivity index (χ0n) is 14.4. The number of benzene rings is 1. The normalized spacial score (nSPS) is 21.8. The van der Waals surface area contributed by atoms with E-state index in [-0.39, 0.29) is 46.2 Å². The van der Waals surface area contributed by atoms with Crippen LogP contribution >= 0.6 is 0 Å². The number of nitrogens with one attached hydrogen (secondary N) is 1. The molecule has 1 fully saturated rings. The van der Waals surface area contributed by atoms with Gasteiger partial charge >= 0.3 is 11.9 Å². The van der Waals surface area contributed by atoms with Crippen LogP contribution in [0.4, 0.5) is 13.2 Å². The summed E-state index contributed by atoms with van der Waals surface area (Å²) in [6, 6.07) is 1.87. The van der Waals surface area contributed by atoms with Crippen LogP contribution in [0.15, 0.2) is 34.7 Å². The summed E-state index contributed by atoms with van der Waals surface area (Å²) < 4.78 is 52.1. The van der Waals surface area contributed by atoms with Crippen molar-refractivity contribution in [2.75, 3.05) is 20.4 Å². The van der Waals surface area contributed by atoms with E-state index in [0.717, 1.165) is 19.2 Å². The molecule has 0 unspecified atom stereocenters. The summed E-state index contributed by atoms with van der Waals surface area (Å²) in [5.41, 5.74) is 0.444. The lowest BCUT2D eigenvalue weighted by Crippen LogP contribution is -2.32. The highest BCUT2D eigenvalue weighted by Crippen LogP contribution is 2.49. The number of esters is 2. The van der Waals surface area contributed by atoms with Crippen LogP contribution < -0.4 is 5.32 Å². The fourth-order valence-electron chi connectivity index (χ4n) is 3.79. The van der Waals surface area contributed by atoms with Gasteiger partial charge in [-0.1, -0.05) is 0 Å². The maximum Gasteiger partial charge on any atom is 0.337 e. The summed E-state index contributed by atoms with van der Waals surface area (Å²) >= 11 is 0. The van der Waals surface area contributed by atoms with Crippen LogP contribution in [0.3, 0.4) is 0 Å². The zero-order chi connectivity index (χ0) is 19.3. The average molecular weight is 379 g/mol. The summed E-state index contributed by atoms with van der Waals surface area (Å²) in [4.78, 5) is 24.8. The molecule has 0 bridgehead atoms. The SMILES string of the molecule is COC(=O)C1=C(CF)NC2=C(C(=O)OC2)[C@@H]1c1cc(F)cc(F)c1C1CC1. The fraction of sp³-hybridized carbons (Fsp3) is 0.368. The van der Waals surface area contributed by atoms with Crippen molar-refractivity contribution in [2.24, 2.45) is 0 Å². The molecule has 4 rings (SSSR count). The van der Waals surface area contributed by atoms with Gasteiger partial charge in [0.1, 0.15) is 24.9 Å². The Morgan fingerprint density at radius 1 is 1.33 bits per heavy atom. The van der Waals surface area contributed by atoms with E-state index in [1.54, 1.807) is 0 Å². The Kier molecular flexibility index (Phi) is 4.20. The molecule has 1 aromatic carbocycles. The minimum Gasteiger partial charge on any atom is -0.466 e. The van der Waals surface area contributed by atoms with Crippen molar-refractivity contribution >= 4 is 11.9 Å². The molecule has 0 aromatic heterocycles. The summed E-state index contributed by atoms with van der Waals surface area (Å²) in [5, 5.41) is 2.70. The second-order valence-electron chi connectivity index (χ2n) is 6.71. The van der Waals surface area contributed by atoms with Crippen LogP contribution in [-0.4, -0.2) is 32.3 Å². The Hall–Kier alpha value is -2.77. The first-order chi connectivity index (χ1) is 13.0. The number of dihydropyridines is 1. The van der Waals surface area contributed by atoms with Crippen LogP contribution in [-0.2, 0) is 19.1 Å². The van der Waals surface area contributed by atoms with Crippen molar-refractivity contribution in [3.8, 4) is 0 Å². The van der Waals surface area contributed by atoms with Crippen LogP contribution in [0.5, 0.6) is 0 Å². The predicted molar refractivity (Wildman–Crippen MR) is 87.2 cm³/mol. The summed E-state index contributed by atoms with van der Waals surface area (Å²) in [7, 11) is 1.12. The molecule has 1 N–H and O–H groups in total. The number of carbonyl (C=O) groups is 2. The van der Waals surface area contributed by atoms with Crippen molar-refractivity contribution < 1.29 is 32.2 Å². The van der Waals surface area contributed by atoms with Gasteiger partial charge in [-0.3, -0.25) is 0 Å². The van der Waals surface area contributed by atoms with E-state index >= 15 is 0 Å². The van der Waals surface area contributed by atoms with Crippen molar-refractivity contribution in [2.45, 2.75) is 24.7 Å². The first-order valence-electron chi connectivity index (χ1n) is 8.49. The van der Waals surface area contributed by atoms with Crippen molar-refractivity contribution in [1.82, 2.24) is 5.32 Å². The molecule has 2 heterocycles. The Morgan fingerprint density at radius 3 is 2.70 bits per heavy atom. The molecule has 0 saturated heterocycles. The van der Waals surface area contributed by atoms with Crippen LogP contribution in [0, 0.1) is 11.6 Å². The molecule has 1 aromatic rings. The lowest BCUT2D eigenvalue weighted by Gasteiger charge is -2.29. The smallest absolute Gasteiger partial charge is 0.337 e. The summed E-state index contributed by atoms with van der Waals surface area (Å²) in [6.45, 7) is -1.17. The molecule has 27 heavy (non-hydrogen) atoms. The van der Waals surface area contributed by atoms with E-state index in [1.165, 1.54) is 0 Å². The zero-order valence-corrected chi connectivity index (χ0v) is 14.4. The van der Waals surface area contributed by atoms with Gasteiger partial charge in [0, 0.05) is 6.07 Å². The average Bonchev–Trinajstić information content (AvgIpc) is 3.41. The van der Waals surface area contributed by atoms with Crippen molar-refractivity contribution in [1.29, 1.82) is 0 Å². The third-order valence-corrected chi connectivity index (χ3v) is 5.06. The topological polar surface area (TPSA) is 64.6 Å². The Bertz CT molecular complexity index is 918. The van der Waals surface area contributed by atoms with Gasteiger partial charge in [-0.15, -0.1) is 0 Å². The highest BCUT2D eigenvalue weighted by atomic mass is 19.1. The Labute approximate surface area is 152 Å². The number of halogens is 3. The molecule has 0 amide bonds. The van der Waals surface area contributed by atoms with Crippen molar-refractivity contribution in [3.05, 3.63) is 57.4 Å². The van der Waals surface area contributed by atoms with Gasteiger partial charge in [-0.05, 0) is 36.0 Å². The number of carbonyl (C=O) groups excluding carboxylic acids is 2. The van der Waals surface area contributed by atoms with Gasteiger partial charge in [0.25, 0.3) is 0 Å². The maximum absolute atomic E-state index is 14.6. The molecule has 8 heteroatoms. The summed E-state index contributed by atoms with van der Waals surface area (Å²) in [6.07, 6.45) is 1.42. The molecule has 142 valence electrons. The van der Waals surface area contributed by atoms with Gasteiger partial charge in [-0.25, -0.2) is 22.8 Å². The number of cyclic esters (lactones) is 1. The lowest BCUT2D eigenvalue weighted by molar-refractivity contribution is -0.136. The Morgan fingerprint density at radius 2 is 2.07 bits per heavy atom. The molecule has 1 atom stereocenters. The minimum absolute atomic E-state index is 0.0551. The first kappa shape index (κ1) is 17.6. The van der Waals surface area contributed by atoms with Gasteiger partial charge in [-0.2, -0.15) is 0 Å². The molecule has 0 spiro atoms. The Balaban J connectivity index is 1.99. The molecule has 0 radical (unpaired) electrons. The van der Waals surface area contributed by atoms with Gasteiger partial charge in [0.05, 0.1) is 35.6 Å². The monoisotopic (exact) mass is 379 g/mol. The largest absolute Gasteiger partial charge is 0.466 e. The van der Waals surface area contributed by atoms with Crippen molar-refractivity contribution in [3.63, 3.8) is 0 Å². The van der Waals surface area contributed by atoms with Crippen LogP contribution in [0.2, 0.25) is 0 Å². The van der Waals surface area contributed by atoms with E-state index < -0.39 is 36.2 Å². The quantitative estimate of drug-likeness (QED) is 0.815. The second-order valence-corrected chi connectivity index (χ2v) is 6.71. The third-order valence-electron chi connectivity index (χ3n) is 5.06. The molecular weight excluding hydrogens is 363 g/mol. The predicted octanol–water partition coefficient (Wildman–Crippen LogP) is 2.74. The number of rotatable bonds is 4. The minimum atomic E-state index is -1.16. The molecule has 1 saturated carbocycles. The molecular formula is C19H16F3NO4. The van der Waals surface area contributed by atoms with E-state index in [2.05, 4.69) is 5.32 Å². The third kappa shape index (κ3) is 2.79. The standard InChI is InChI=1S/C19H16F3NO4/c1-26-18(24)16-12(6-20)23-13-7-27-19(25)17(13)15(16)10-4-9(21)5-11(22)14(10)8-2-3-8/h4-5,8,15,23H,2-3,6-7H2,1H3/t15-/m1/s1. The molecule has 2 aliphatic heterocycles. The highest BCUT2D eigenvalue weighted by Gasteiger charge is 2.45. The fourth-order valence-corrected chi connectivity index (χ4v) is 3.79. The van der Waals surface area contributed by atoms with Gasteiger partial charge in [0.15, 0.2) is 0 Å². The number of allylic oxidation sites excluding steroid dienone is 1. The van der Waals surface area contributed by atoms with E-state index in [9.17, 15) is 22.8 Å². The second kappa shape index (κ2) is 6.44. The van der Waals surface area contributed by atoms with E-state index in [4.69, 9.17) is 9.47 Å². The van der Waals surface area contributed by atoms with E-state index in [0.29, 0.717) is 12.8 Å². The lowest BCUT2D eigenvalue weighted by atomic mass is 9.78. The maximum atomic E-state index is 14.6. The van der Waals surface area contributed by atoms with Crippen LogP contribution in [0.25, 0.3) is 0 Å². The first-order valence-corrected chi connectivity index (χ1v) is 8.49.